The van der Waals surface area contributed by atoms with Crippen molar-refractivity contribution in [2.24, 2.45) is 11.3 Å². The number of nitrogens with zero attached hydrogens (tertiary/aromatic N) is 1. The lowest BCUT2D eigenvalue weighted by molar-refractivity contribution is -0.138. The average Bonchev–Trinajstić information content (AvgIpc) is 2.29. The number of rotatable bonds is 4. The Morgan fingerprint density at radius 2 is 1.88 bits per heavy atom. The minimum atomic E-state index is -0.426. The highest BCUT2D eigenvalue weighted by Crippen LogP contribution is 2.26. The van der Waals surface area contributed by atoms with Gasteiger partial charge < -0.3 is 4.90 Å². The fraction of sp³-hybridized carbons (Fsp3) is 0.923. The standard InChI is InChI=1S/C13H24ClNO/c1-13(2,10-14)12(16)15(3)9-11-7-5-4-6-8-11/h11H,4-10H2,1-3H3. The lowest BCUT2D eigenvalue weighted by Gasteiger charge is -2.31. The highest BCUT2D eigenvalue weighted by Gasteiger charge is 2.30. The molecule has 16 heavy (non-hydrogen) atoms. The SMILES string of the molecule is CN(CC1CCCCC1)C(=O)C(C)(C)CCl. The molecule has 1 aliphatic rings. The molecular formula is C13H24ClNO. The fourth-order valence-corrected chi connectivity index (χ4v) is 2.53. The maximum absolute atomic E-state index is 12.1. The van der Waals surface area contributed by atoms with Crippen LogP contribution in [0.25, 0.3) is 0 Å². The first kappa shape index (κ1) is 13.8. The third-order valence-corrected chi connectivity index (χ3v) is 4.18. The molecule has 0 unspecified atom stereocenters. The molecule has 0 saturated heterocycles. The van der Waals surface area contributed by atoms with Gasteiger partial charge in [-0.2, -0.15) is 0 Å². The summed E-state index contributed by atoms with van der Waals surface area (Å²) in [5, 5.41) is 0. The Morgan fingerprint density at radius 3 is 2.38 bits per heavy atom. The molecule has 0 atom stereocenters. The van der Waals surface area contributed by atoms with Crippen LogP contribution in [-0.2, 0) is 4.79 Å². The molecule has 0 aromatic rings. The molecule has 1 fully saturated rings. The van der Waals surface area contributed by atoms with Crippen LogP contribution < -0.4 is 0 Å². The van der Waals surface area contributed by atoms with Crippen LogP contribution in [0, 0.1) is 11.3 Å². The highest BCUT2D eigenvalue weighted by molar-refractivity contribution is 6.19. The van der Waals surface area contributed by atoms with Crippen LogP contribution in [0.5, 0.6) is 0 Å². The van der Waals surface area contributed by atoms with Crippen LogP contribution in [-0.4, -0.2) is 30.3 Å². The molecule has 0 aromatic heterocycles. The number of carbonyl (C=O) groups is 1. The van der Waals surface area contributed by atoms with E-state index in [0.717, 1.165) is 6.54 Å². The number of alkyl halides is 1. The minimum Gasteiger partial charge on any atom is -0.345 e. The van der Waals surface area contributed by atoms with Crippen LogP contribution >= 0.6 is 11.6 Å². The lowest BCUT2D eigenvalue weighted by Crippen LogP contribution is -2.42. The second-order valence-electron chi connectivity index (χ2n) is 5.71. The molecule has 3 heteroatoms. The van der Waals surface area contributed by atoms with E-state index in [1.807, 2.05) is 25.8 Å². The van der Waals surface area contributed by atoms with Gasteiger partial charge in [0.25, 0.3) is 0 Å². The molecule has 0 spiro atoms. The Balaban J connectivity index is 2.44. The molecule has 1 rings (SSSR count). The molecular weight excluding hydrogens is 222 g/mol. The van der Waals surface area contributed by atoms with Crippen molar-refractivity contribution in [2.75, 3.05) is 19.5 Å². The highest BCUT2D eigenvalue weighted by atomic mass is 35.5. The lowest BCUT2D eigenvalue weighted by atomic mass is 9.88. The zero-order chi connectivity index (χ0) is 12.2. The smallest absolute Gasteiger partial charge is 0.229 e. The third-order valence-electron chi connectivity index (χ3n) is 3.52. The van der Waals surface area contributed by atoms with Gasteiger partial charge in [-0.05, 0) is 32.6 Å². The zero-order valence-corrected chi connectivity index (χ0v) is 11.5. The molecule has 1 saturated carbocycles. The van der Waals surface area contributed by atoms with E-state index in [2.05, 4.69) is 0 Å². The van der Waals surface area contributed by atoms with E-state index in [-0.39, 0.29) is 5.91 Å². The number of hydrogen-bond acceptors (Lipinski definition) is 1. The Kier molecular flexibility index (Phi) is 5.10. The summed E-state index contributed by atoms with van der Waals surface area (Å²) in [6.07, 6.45) is 6.57. The van der Waals surface area contributed by atoms with E-state index in [0.29, 0.717) is 11.8 Å². The summed E-state index contributed by atoms with van der Waals surface area (Å²) in [6.45, 7) is 4.73. The number of halogens is 1. The second-order valence-corrected chi connectivity index (χ2v) is 5.97. The molecule has 0 heterocycles. The van der Waals surface area contributed by atoms with Gasteiger partial charge in [-0.25, -0.2) is 0 Å². The average molecular weight is 246 g/mol. The maximum atomic E-state index is 12.1. The first-order chi connectivity index (χ1) is 7.47. The first-order valence-electron chi connectivity index (χ1n) is 6.29. The molecule has 1 aliphatic carbocycles. The molecule has 0 bridgehead atoms. The van der Waals surface area contributed by atoms with Gasteiger partial charge in [0.2, 0.25) is 5.91 Å². The normalized spacial score (nSPS) is 18.5. The van der Waals surface area contributed by atoms with E-state index in [9.17, 15) is 4.79 Å². The molecule has 0 radical (unpaired) electrons. The van der Waals surface area contributed by atoms with Crippen LogP contribution in [0.15, 0.2) is 0 Å². The van der Waals surface area contributed by atoms with Gasteiger partial charge in [0.15, 0.2) is 0 Å². The minimum absolute atomic E-state index is 0.174. The van der Waals surface area contributed by atoms with Gasteiger partial charge >= 0.3 is 0 Å². The van der Waals surface area contributed by atoms with E-state index in [1.54, 1.807) is 0 Å². The molecule has 0 N–H and O–H groups in total. The molecule has 0 aromatic carbocycles. The number of amides is 1. The first-order valence-corrected chi connectivity index (χ1v) is 6.82. The summed E-state index contributed by atoms with van der Waals surface area (Å²) < 4.78 is 0. The van der Waals surface area contributed by atoms with E-state index < -0.39 is 5.41 Å². The van der Waals surface area contributed by atoms with Crippen molar-refractivity contribution in [1.82, 2.24) is 4.90 Å². The maximum Gasteiger partial charge on any atom is 0.229 e. The second kappa shape index (κ2) is 5.90. The summed E-state index contributed by atoms with van der Waals surface area (Å²) in [5.41, 5.74) is -0.426. The van der Waals surface area contributed by atoms with Crippen molar-refractivity contribution in [1.29, 1.82) is 0 Å². The van der Waals surface area contributed by atoms with E-state index in [1.165, 1.54) is 32.1 Å². The van der Waals surface area contributed by atoms with Crippen molar-refractivity contribution in [2.45, 2.75) is 46.0 Å². The largest absolute Gasteiger partial charge is 0.345 e. The van der Waals surface area contributed by atoms with Crippen LogP contribution in [0.3, 0.4) is 0 Å². The Bertz CT molecular complexity index is 234. The zero-order valence-electron chi connectivity index (χ0n) is 10.8. The summed E-state index contributed by atoms with van der Waals surface area (Å²) in [5.74, 6) is 1.27. The van der Waals surface area contributed by atoms with Gasteiger partial charge in [-0.1, -0.05) is 19.3 Å². The Labute approximate surface area is 104 Å². The van der Waals surface area contributed by atoms with E-state index in [4.69, 9.17) is 11.6 Å². The van der Waals surface area contributed by atoms with Crippen molar-refractivity contribution in [3.05, 3.63) is 0 Å². The van der Waals surface area contributed by atoms with Gasteiger partial charge in [0.05, 0.1) is 5.41 Å². The summed E-state index contributed by atoms with van der Waals surface area (Å²) in [6, 6.07) is 0. The topological polar surface area (TPSA) is 20.3 Å². The molecule has 1 amide bonds. The fourth-order valence-electron chi connectivity index (χ4n) is 2.41. The van der Waals surface area contributed by atoms with Crippen molar-refractivity contribution in [3.8, 4) is 0 Å². The van der Waals surface area contributed by atoms with E-state index >= 15 is 0 Å². The quantitative estimate of drug-likeness (QED) is 0.696. The third kappa shape index (κ3) is 3.65. The molecule has 94 valence electrons. The van der Waals surface area contributed by atoms with Crippen LogP contribution in [0.4, 0.5) is 0 Å². The summed E-state index contributed by atoms with van der Waals surface area (Å²) >= 11 is 5.83. The Morgan fingerprint density at radius 1 is 1.31 bits per heavy atom. The predicted molar refractivity (Wildman–Crippen MR) is 68.7 cm³/mol. The van der Waals surface area contributed by atoms with Gasteiger partial charge in [-0.15, -0.1) is 11.6 Å². The molecule has 2 nitrogen and oxygen atoms in total. The summed E-state index contributed by atoms with van der Waals surface area (Å²) in [7, 11) is 1.91. The van der Waals surface area contributed by atoms with Gasteiger partial charge in [0, 0.05) is 19.5 Å². The van der Waals surface area contributed by atoms with Crippen LogP contribution in [0.2, 0.25) is 0 Å². The number of carbonyl (C=O) groups excluding carboxylic acids is 1. The van der Waals surface area contributed by atoms with Crippen molar-refractivity contribution >= 4 is 17.5 Å². The summed E-state index contributed by atoms with van der Waals surface area (Å²) in [4.78, 5) is 14.0. The number of hydrogen-bond donors (Lipinski definition) is 0. The Hall–Kier alpha value is -0.240. The van der Waals surface area contributed by atoms with Crippen LogP contribution in [0.1, 0.15) is 46.0 Å². The van der Waals surface area contributed by atoms with Gasteiger partial charge in [-0.3, -0.25) is 4.79 Å². The van der Waals surface area contributed by atoms with Crippen molar-refractivity contribution < 1.29 is 4.79 Å². The monoisotopic (exact) mass is 245 g/mol. The predicted octanol–water partition coefficient (Wildman–Crippen LogP) is 3.29. The van der Waals surface area contributed by atoms with Gasteiger partial charge in [0.1, 0.15) is 0 Å². The van der Waals surface area contributed by atoms with Crippen molar-refractivity contribution in [3.63, 3.8) is 0 Å². The molecule has 0 aliphatic heterocycles.